The monoisotopic (exact) mass is 266 g/mol. The molecule has 0 spiro atoms. The predicted octanol–water partition coefficient (Wildman–Crippen LogP) is 1.10. The lowest BCUT2D eigenvalue weighted by molar-refractivity contribution is -0.0614. The molecule has 1 aliphatic rings. The molecule has 0 radical (unpaired) electrons. The van der Waals surface area contributed by atoms with Gasteiger partial charge in [-0.2, -0.15) is 5.10 Å². The Labute approximate surface area is 115 Å². The molecule has 1 N–H and O–H groups in total. The van der Waals surface area contributed by atoms with Crippen LogP contribution in [0.1, 0.15) is 30.6 Å². The molecule has 0 aromatic carbocycles. The Kier molecular flexibility index (Phi) is 4.96. The van der Waals surface area contributed by atoms with E-state index in [-0.39, 0.29) is 6.10 Å². The van der Waals surface area contributed by atoms with Crippen molar-refractivity contribution in [3.63, 3.8) is 0 Å². The van der Waals surface area contributed by atoms with Crippen LogP contribution in [0.4, 0.5) is 0 Å². The summed E-state index contributed by atoms with van der Waals surface area (Å²) in [6.45, 7) is 8.04. The lowest BCUT2D eigenvalue weighted by atomic mass is 9.99. The molecule has 5 heteroatoms. The standard InChI is InChI=1S/C14H26N4O/c1-5-6-15-10-13-14(17(3)7-8-19-13)12-9-16-18(4)11(12)2/h9,13-15H,5-8,10H2,1-4H3. The molecule has 5 nitrogen and oxygen atoms in total. The van der Waals surface area contributed by atoms with Crippen LogP contribution in [0.25, 0.3) is 0 Å². The minimum Gasteiger partial charge on any atom is -0.374 e. The number of nitrogens with zero attached hydrogens (tertiary/aromatic N) is 3. The molecule has 0 amide bonds. The molecule has 1 fully saturated rings. The molecular formula is C14H26N4O. The van der Waals surface area contributed by atoms with Crippen molar-refractivity contribution in [3.8, 4) is 0 Å². The van der Waals surface area contributed by atoms with Gasteiger partial charge < -0.3 is 10.1 Å². The van der Waals surface area contributed by atoms with Crippen LogP contribution in [0.5, 0.6) is 0 Å². The van der Waals surface area contributed by atoms with Crippen molar-refractivity contribution in [3.05, 3.63) is 17.5 Å². The first-order valence-corrected chi connectivity index (χ1v) is 7.16. The third kappa shape index (κ3) is 3.16. The van der Waals surface area contributed by atoms with E-state index in [2.05, 4.69) is 36.2 Å². The van der Waals surface area contributed by atoms with Gasteiger partial charge in [0.2, 0.25) is 0 Å². The van der Waals surface area contributed by atoms with E-state index in [0.29, 0.717) is 6.04 Å². The van der Waals surface area contributed by atoms with Gasteiger partial charge in [0.25, 0.3) is 0 Å². The normalized spacial score (nSPS) is 24.8. The summed E-state index contributed by atoms with van der Waals surface area (Å²) >= 11 is 0. The average Bonchev–Trinajstić information content (AvgIpc) is 2.71. The largest absolute Gasteiger partial charge is 0.374 e. The van der Waals surface area contributed by atoms with E-state index in [4.69, 9.17) is 4.74 Å². The van der Waals surface area contributed by atoms with Gasteiger partial charge in [0, 0.05) is 31.4 Å². The Hall–Kier alpha value is -0.910. The summed E-state index contributed by atoms with van der Waals surface area (Å²) in [6.07, 6.45) is 3.34. The summed E-state index contributed by atoms with van der Waals surface area (Å²) in [4.78, 5) is 2.38. The zero-order valence-corrected chi connectivity index (χ0v) is 12.5. The molecule has 2 unspecified atom stereocenters. The van der Waals surface area contributed by atoms with E-state index in [1.807, 2.05) is 17.9 Å². The highest BCUT2D eigenvalue weighted by molar-refractivity contribution is 5.22. The minimum atomic E-state index is 0.202. The van der Waals surface area contributed by atoms with Crippen molar-refractivity contribution in [2.24, 2.45) is 7.05 Å². The van der Waals surface area contributed by atoms with Crippen LogP contribution in [0.15, 0.2) is 6.20 Å². The van der Waals surface area contributed by atoms with Crippen LogP contribution in [0.2, 0.25) is 0 Å². The van der Waals surface area contributed by atoms with Crippen LogP contribution < -0.4 is 5.32 Å². The number of hydrogen-bond donors (Lipinski definition) is 1. The van der Waals surface area contributed by atoms with Crippen molar-refractivity contribution in [2.75, 3.05) is 33.3 Å². The molecule has 0 bridgehead atoms. The lowest BCUT2D eigenvalue weighted by Crippen LogP contribution is -2.47. The second kappa shape index (κ2) is 6.50. The van der Waals surface area contributed by atoms with Crippen LogP contribution in [-0.4, -0.2) is 54.1 Å². The van der Waals surface area contributed by atoms with Crippen LogP contribution in [0.3, 0.4) is 0 Å². The minimum absolute atomic E-state index is 0.202. The molecule has 2 rings (SSSR count). The van der Waals surface area contributed by atoms with Gasteiger partial charge in [-0.25, -0.2) is 0 Å². The lowest BCUT2D eigenvalue weighted by Gasteiger charge is -2.39. The number of aromatic nitrogens is 2. The molecule has 108 valence electrons. The van der Waals surface area contributed by atoms with E-state index in [1.165, 1.54) is 11.3 Å². The Morgan fingerprint density at radius 2 is 2.26 bits per heavy atom. The molecule has 1 aliphatic heterocycles. The van der Waals surface area contributed by atoms with Gasteiger partial charge in [0.05, 0.1) is 24.9 Å². The van der Waals surface area contributed by atoms with Crippen molar-refractivity contribution >= 4 is 0 Å². The number of ether oxygens (including phenoxy) is 1. The fourth-order valence-corrected chi connectivity index (χ4v) is 2.70. The number of nitrogens with one attached hydrogen (secondary N) is 1. The first-order chi connectivity index (χ1) is 9.15. The molecule has 2 atom stereocenters. The third-order valence-electron chi connectivity index (χ3n) is 3.97. The third-order valence-corrected chi connectivity index (χ3v) is 3.97. The number of aryl methyl sites for hydroxylation is 1. The van der Waals surface area contributed by atoms with Gasteiger partial charge in [0.15, 0.2) is 0 Å². The van der Waals surface area contributed by atoms with Crippen molar-refractivity contribution in [2.45, 2.75) is 32.4 Å². The van der Waals surface area contributed by atoms with Crippen molar-refractivity contribution < 1.29 is 4.74 Å². The molecule has 0 aliphatic carbocycles. The summed E-state index contributed by atoms with van der Waals surface area (Å²) in [5, 5.41) is 7.84. The number of rotatable bonds is 5. The van der Waals surface area contributed by atoms with E-state index in [9.17, 15) is 0 Å². The molecule has 1 aromatic rings. The molecule has 1 aromatic heterocycles. The van der Waals surface area contributed by atoms with Crippen LogP contribution >= 0.6 is 0 Å². The number of morpholine rings is 1. The highest BCUT2D eigenvalue weighted by Gasteiger charge is 2.33. The van der Waals surface area contributed by atoms with Crippen LogP contribution in [0, 0.1) is 6.92 Å². The van der Waals surface area contributed by atoms with Gasteiger partial charge in [-0.3, -0.25) is 9.58 Å². The van der Waals surface area contributed by atoms with Gasteiger partial charge in [-0.1, -0.05) is 6.92 Å². The first-order valence-electron chi connectivity index (χ1n) is 7.16. The van der Waals surface area contributed by atoms with Crippen LogP contribution in [-0.2, 0) is 11.8 Å². The van der Waals surface area contributed by atoms with E-state index in [0.717, 1.165) is 32.7 Å². The SMILES string of the molecule is CCCNCC1OCCN(C)C1c1cnn(C)c1C. The summed E-state index contributed by atoms with van der Waals surface area (Å²) in [7, 11) is 4.17. The fourth-order valence-electron chi connectivity index (χ4n) is 2.70. The maximum atomic E-state index is 5.99. The fraction of sp³-hybridized carbons (Fsp3) is 0.786. The number of hydrogen-bond acceptors (Lipinski definition) is 4. The molecule has 2 heterocycles. The van der Waals surface area contributed by atoms with Crippen molar-refractivity contribution in [1.29, 1.82) is 0 Å². The molecule has 1 saturated heterocycles. The first kappa shape index (κ1) is 14.5. The van der Waals surface area contributed by atoms with Gasteiger partial charge in [-0.15, -0.1) is 0 Å². The zero-order valence-electron chi connectivity index (χ0n) is 12.5. The van der Waals surface area contributed by atoms with E-state index in [1.54, 1.807) is 0 Å². The summed E-state index contributed by atoms with van der Waals surface area (Å²) in [6, 6.07) is 0.298. The number of likely N-dealkylation sites (N-methyl/N-ethyl adjacent to an activating group) is 1. The smallest absolute Gasteiger partial charge is 0.0897 e. The maximum Gasteiger partial charge on any atom is 0.0897 e. The molecule has 19 heavy (non-hydrogen) atoms. The molecule has 0 saturated carbocycles. The molecular weight excluding hydrogens is 240 g/mol. The van der Waals surface area contributed by atoms with Crippen molar-refractivity contribution in [1.82, 2.24) is 20.0 Å². The Morgan fingerprint density at radius 1 is 1.47 bits per heavy atom. The van der Waals surface area contributed by atoms with E-state index >= 15 is 0 Å². The van der Waals surface area contributed by atoms with Gasteiger partial charge in [0.1, 0.15) is 0 Å². The summed E-state index contributed by atoms with van der Waals surface area (Å²) in [5.41, 5.74) is 2.51. The maximum absolute atomic E-state index is 5.99. The van der Waals surface area contributed by atoms with Gasteiger partial charge >= 0.3 is 0 Å². The predicted molar refractivity (Wildman–Crippen MR) is 76.2 cm³/mol. The summed E-state index contributed by atoms with van der Waals surface area (Å²) in [5.74, 6) is 0. The van der Waals surface area contributed by atoms with Gasteiger partial charge in [-0.05, 0) is 26.9 Å². The Balaban J connectivity index is 2.14. The highest BCUT2D eigenvalue weighted by Crippen LogP contribution is 2.29. The Morgan fingerprint density at radius 3 is 2.89 bits per heavy atom. The average molecular weight is 266 g/mol. The topological polar surface area (TPSA) is 42.3 Å². The quantitative estimate of drug-likeness (QED) is 0.811. The summed E-state index contributed by atoms with van der Waals surface area (Å²) < 4.78 is 7.92. The Bertz CT molecular complexity index is 404. The second-order valence-electron chi connectivity index (χ2n) is 5.35. The zero-order chi connectivity index (χ0) is 13.8. The second-order valence-corrected chi connectivity index (χ2v) is 5.35. The van der Waals surface area contributed by atoms with E-state index < -0.39 is 0 Å². The highest BCUT2D eigenvalue weighted by atomic mass is 16.5.